The van der Waals surface area contributed by atoms with Crippen molar-refractivity contribution < 1.29 is 27.1 Å². The first kappa shape index (κ1) is 18.4. The van der Waals surface area contributed by atoms with E-state index < -0.39 is 44.1 Å². The van der Waals surface area contributed by atoms with Crippen LogP contribution in [0.15, 0.2) is 24.3 Å². The van der Waals surface area contributed by atoms with E-state index in [2.05, 4.69) is 5.32 Å². The van der Waals surface area contributed by atoms with Crippen LogP contribution in [0.2, 0.25) is 0 Å². The Hall–Kier alpha value is -1.96. The maximum absolute atomic E-state index is 13.5. The second-order valence-electron chi connectivity index (χ2n) is 6.96. The van der Waals surface area contributed by atoms with Gasteiger partial charge in [0.15, 0.2) is 9.84 Å². The topological polar surface area (TPSA) is 89.5 Å². The van der Waals surface area contributed by atoms with Crippen molar-refractivity contribution in [3.05, 3.63) is 35.6 Å². The van der Waals surface area contributed by atoms with Gasteiger partial charge in [-0.1, -0.05) is 12.1 Å². The van der Waals surface area contributed by atoms with Crippen molar-refractivity contribution in [2.75, 3.05) is 6.26 Å². The Labute approximate surface area is 140 Å². The summed E-state index contributed by atoms with van der Waals surface area (Å²) in [6.07, 6.45) is 0.464. The average Bonchev–Trinajstić information content (AvgIpc) is 3.05. The van der Waals surface area contributed by atoms with Crippen molar-refractivity contribution in [3.8, 4) is 0 Å². The molecule has 0 spiro atoms. The van der Waals surface area contributed by atoms with Crippen LogP contribution in [0.4, 0.5) is 9.18 Å². The first-order chi connectivity index (χ1) is 10.9. The molecule has 0 aliphatic heterocycles. The number of hydrogen-bond donors (Lipinski definition) is 1. The molecule has 1 saturated carbocycles. The van der Waals surface area contributed by atoms with Gasteiger partial charge >= 0.3 is 6.09 Å². The van der Waals surface area contributed by atoms with Crippen LogP contribution in [-0.4, -0.2) is 43.4 Å². The molecule has 0 saturated heterocycles. The van der Waals surface area contributed by atoms with Gasteiger partial charge in [0, 0.05) is 12.2 Å². The average molecular weight is 357 g/mol. The Morgan fingerprint density at radius 2 is 2.00 bits per heavy atom. The second-order valence-corrected chi connectivity index (χ2v) is 9.13. The molecule has 1 fully saturated rings. The fourth-order valence-electron chi connectivity index (χ4n) is 2.93. The molecule has 3 atom stereocenters. The van der Waals surface area contributed by atoms with Gasteiger partial charge in [0.05, 0.1) is 0 Å². The molecule has 1 N–H and O–H groups in total. The van der Waals surface area contributed by atoms with Crippen LogP contribution in [0.3, 0.4) is 0 Å². The van der Waals surface area contributed by atoms with Crippen LogP contribution in [0.1, 0.15) is 32.3 Å². The van der Waals surface area contributed by atoms with E-state index in [9.17, 15) is 22.4 Å². The highest BCUT2D eigenvalue weighted by Crippen LogP contribution is 2.54. The quantitative estimate of drug-likeness (QED) is 0.830. The molecule has 0 radical (unpaired) electrons. The summed E-state index contributed by atoms with van der Waals surface area (Å²) in [6.45, 7) is 4.93. The monoisotopic (exact) mass is 357 g/mol. The molecule has 24 heavy (non-hydrogen) atoms. The number of amides is 1. The Morgan fingerprint density at radius 1 is 1.38 bits per heavy atom. The summed E-state index contributed by atoms with van der Waals surface area (Å²) in [5.41, 5.74) is -2.14. The minimum atomic E-state index is -3.67. The number of alkyl carbamates (subject to hydrolysis) is 1. The Morgan fingerprint density at radius 3 is 2.46 bits per heavy atom. The second kappa shape index (κ2) is 5.84. The summed E-state index contributed by atoms with van der Waals surface area (Å²) in [4.78, 5) is 23.7. The van der Waals surface area contributed by atoms with Gasteiger partial charge in [0.1, 0.15) is 28.5 Å². The van der Waals surface area contributed by atoms with Crippen molar-refractivity contribution in [2.24, 2.45) is 0 Å². The van der Waals surface area contributed by atoms with Crippen LogP contribution >= 0.6 is 0 Å². The van der Waals surface area contributed by atoms with Gasteiger partial charge in [-0.15, -0.1) is 0 Å². The largest absolute Gasteiger partial charge is 0.444 e. The third kappa shape index (κ3) is 3.58. The molecular formula is C16H20FNO5S. The molecule has 1 aliphatic rings. The maximum Gasteiger partial charge on any atom is 0.408 e. The molecule has 6 nitrogen and oxygen atoms in total. The summed E-state index contributed by atoms with van der Waals surface area (Å²) in [5, 5.41) is 1.20. The molecule has 2 rings (SSSR count). The van der Waals surface area contributed by atoms with E-state index in [-0.39, 0.29) is 0 Å². The predicted molar refractivity (Wildman–Crippen MR) is 85.9 cm³/mol. The lowest BCUT2D eigenvalue weighted by Crippen LogP contribution is -2.45. The zero-order valence-electron chi connectivity index (χ0n) is 13.9. The van der Waals surface area contributed by atoms with Crippen molar-refractivity contribution in [3.63, 3.8) is 0 Å². The molecule has 0 heterocycles. The molecule has 1 aromatic carbocycles. The van der Waals surface area contributed by atoms with E-state index >= 15 is 0 Å². The number of carbonyl (C=O) groups is 2. The molecule has 1 aliphatic carbocycles. The van der Waals surface area contributed by atoms with Gasteiger partial charge < -0.3 is 14.8 Å². The van der Waals surface area contributed by atoms with E-state index in [0.717, 1.165) is 12.3 Å². The third-order valence-electron chi connectivity index (χ3n) is 3.76. The van der Waals surface area contributed by atoms with Crippen LogP contribution in [0, 0.1) is 5.82 Å². The SMILES string of the molecule is CC(C)(C)OC(=O)N[C@@]1(C=O)[C@H](c2cccc(F)c2)[C@@H]1S(C)(=O)=O. The van der Waals surface area contributed by atoms with E-state index in [4.69, 9.17) is 4.74 Å². The van der Waals surface area contributed by atoms with E-state index in [1.807, 2.05) is 0 Å². The number of aldehydes is 1. The molecule has 8 heteroatoms. The maximum atomic E-state index is 13.5. The summed E-state index contributed by atoms with van der Waals surface area (Å²) >= 11 is 0. The van der Waals surface area contributed by atoms with Crippen LogP contribution in [0.25, 0.3) is 0 Å². The zero-order valence-corrected chi connectivity index (χ0v) is 14.7. The molecule has 132 valence electrons. The Balaban J connectivity index is 2.38. The van der Waals surface area contributed by atoms with Gasteiger partial charge in [-0.3, -0.25) is 0 Å². The standard InChI is InChI=1S/C16H20FNO5S/c1-15(2,3)23-14(20)18-16(9-19)12(13(16)24(4,21)22)10-6-5-7-11(17)8-10/h5-9,12-13H,1-4H3,(H,18,20)/t12-,13+,16+/m1/s1. The predicted octanol–water partition coefficient (Wildman–Crippen LogP) is 1.80. The number of halogens is 1. The summed E-state index contributed by atoms with van der Waals surface area (Å²) < 4.78 is 42.7. The number of ether oxygens (including phenoxy) is 1. The molecular weight excluding hydrogens is 337 g/mol. The van der Waals surface area contributed by atoms with Crippen molar-refractivity contribution in [1.29, 1.82) is 0 Å². The molecule has 0 aromatic heterocycles. The fraction of sp³-hybridized carbons (Fsp3) is 0.500. The highest BCUT2D eigenvalue weighted by molar-refractivity contribution is 7.91. The lowest BCUT2D eigenvalue weighted by Gasteiger charge is -2.22. The van der Waals surface area contributed by atoms with Crippen molar-refractivity contribution in [1.82, 2.24) is 5.32 Å². The van der Waals surface area contributed by atoms with Crippen LogP contribution in [0.5, 0.6) is 0 Å². The summed E-state index contributed by atoms with van der Waals surface area (Å²) in [5.74, 6) is -1.42. The number of sulfone groups is 1. The third-order valence-corrected chi connectivity index (χ3v) is 5.35. The normalized spacial score (nSPS) is 26.5. The zero-order chi connectivity index (χ0) is 18.3. The van der Waals surface area contributed by atoms with Crippen molar-refractivity contribution >= 4 is 22.2 Å². The van der Waals surface area contributed by atoms with Gasteiger partial charge in [0.2, 0.25) is 0 Å². The number of nitrogens with one attached hydrogen (secondary N) is 1. The molecule has 0 unspecified atom stereocenters. The highest BCUT2D eigenvalue weighted by Gasteiger charge is 2.72. The molecule has 0 bridgehead atoms. The molecule has 1 aromatic rings. The summed E-state index contributed by atoms with van der Waals surface area (Å²) in [6, 6.07) is 5.31. The molecule has 1 amide bonds. The van der Waals surface area contributed by atoms with Crippen molar-refractivity contribution in [2.45, 2.75) is 43.1 Å². The van der Waals surface area contributed by atoms with Crippen LogP contribution < -0.4 is 5.32 Å². The summed E-state index contributed by atoms with van der Waals surface area (Å²) in [7, 11) is -3.67. The fourth-order valence-corrected chi connectivity index (χ4v) is 4.69. The minimum Gasteiger partial charge on any atom is -0.444 e. The number of benzene rings is 1. The lowest BCUT2D eigenvalue weighted by atomic mass is 10.1. The lowest BCUT2D eigenvalue weighted by molar-refractivity contribution is -0.110. The Bertz CT molecular complexity index is 771. The van der Waals surface area contributed by atoms with Gasteiger partial charge in [-0.2, -0.15) is 0 Å². The Kier molecular flexibility index (Phi) is 4.47. The number of rotatable bonds is 4. The first-order valence-electron chi connectivity index (χ1n) is 7.32. The van der Waals surface area contributed by atoms with Gasteiger partial charge in [0.25, 0.3) is 0 Å². The first-order valence-corrected chi connectivity index (χ1v) is 9.28. The van der Waals surface area contributed by atoms with Gasteiger partial charge in [-0.25, -0.2) is 17.6 Å². The minimum absolute atomic E-state index is 0.327. The van der Waals surface area contributed by atoms with E-state index in [1.165, 1.54) is 18.2 Å². The van der Waals surface area contributed by atoms with E-state index in [1.54, 1.807) is 20.8 Å². The highest BCUT2D eigenvalue weighted by atomic mass is 32.2. The number of carbonyl (C=O) groups excluding carboxylic acids is 2. The van der Waals surface area contributed by atoms with Gasteiger partial charge in [-0.05, 0) is 38.5 Å². The number of hydrogen-bond acceptors (Lipinski definition) is 5. The smallest absolute Gasteiger partial charge is 0.408 e. The van der Waals surface area contributed by atoms with E-state index in [0.29, 0.717) is 11.8 Å². The van der Waals surface area contributed by atoms with Crippen LogP contribution in [-0.2, 0) is 19.4 Å².